The van der Waals surface area contributed by atoms with Crippen molar-refractivity contribution in [3.05, 3.63) is 58.6 Å². The molecule has 126 valence electrons. The smallest absolute Gasteiger partial charge is 0.321 e. The van der Waals surface area contributed by atoms with Gasteiger partial charge in [0.2, 0.25) is 0 Å². The van der Waals surface area contributed by atoms with Gasteiger partial charge >= 0.3 is 6.03 Å². The Kier molecular flexibility index (Phi) is 4.95. The van der Waals surface area contributed by atoms with Gasteiger partial charge in [0.1, 0.15) is 0 Å². The second-order valence-corrected chi connectivity index (χ2v) is 6.62. The molecule has 1 heterocycles. The second-order valence-electron chi connectivity index (χ2n) is 6.18. The summed E-state index contributed by atoms with van der Waals surface area (Å²) in [6, 6.07) is 13.8. The maximum atomic E-state index is 12.4. The minimum absolute atomic E-state index is 0.0380. The largest absolute Gasteiger partial charge is 0.368 e. The number of hydrogen-bond acceptors (Lipinski definition) is 2. The van der Waals surface area contributed by atoms with Gasteiger partial charge in [-0.2, -0.15) is 0 Å². The zero-order chi connectivity index (χ0) is 17.1. The first-order valence-corrected chi connectivity index (χ1v) is 8.54. The quantitative estimate of drug-likeness (QED) is 0.881. The number of benzene rings is 2. The van der Waals surface area contributed by atoms with Crippen molar-refractivity contribution >= 4 is 29.0 Å². The summed E-state index contributed by atoms with van der Waals surface area (Å²) in [5.41, 5.74) is 4.36. The maximum Gasteiger partial charge on any atom is 0.321 e. The van der Waals surface area contributed by atoms with Crippen molar-refractivity contribution in [2.45, 2.75) is 13.8 Å². The van der Waals surface area contributed by atoms with E-state index in [1.54, 1.807) is 0 Å². The van der Waals surface area contributed by atoms with Gasteiger partial charge in [-0.15, -0.1) is 0 Å². The molecular weight excluding hydrogens is 322 g/mol. The van der Waals surface area contributed by atoms with E-state index in [4.69, 9.17) is 11.6 Å². The van der Waals surface area contributed by atoms with E-state index in [-0.39, 0.29) is 6.03 Å². The lowest BCUT2D eigenvalue weighted by molar-refractivity contribution is 0.208. The molecule has 0 radical (unpaired) electrons. The average molecular weight is 344 g/mol. The topological polar surface area (TPSA) is 35.6 Å². The molecule has 4 nitrogen and oxygen atoms in total. The molecule has 1 N–H and O–H groups in total. The number of piperazine rings is 1. The van der Waals surface area contributed by atoms with E-state index in [1.165, 1.54) is 11.1 Å². The number of rotatable bonds is 2. The zero-order valence-electron chi connectivity index (χ0n) is 14.1. The number of amides is 2. The van der Waals surface area contributed by atoms with Crippen LogP contribution in [0, 0.1) is 13.8 Å². The average Bonchev–Trinajstić information content (AvgIpc) is 2.58. The fourth-order valence-electron chi connectivity index (χ4n) is 2.86. The Hall–Kier alpha value is -2.20. The fraction of sp³-hybridized carbons (Fsp3) is 0.316. The van der Waals surface area contributed by atoms with E-state index in [0.29, 0.717) is 13.1 Å². The highest BCUT2D eigenvalue weighted by Crippen LogP contribution is 2.21. The molecule has 0 spiro atoms. The van der Waals surface area contributed by atoms with Crippen molar-refractivity contribution in [3.63, 3.8) is 0 Å². The van der Waals surface area contributed by atoms with Crippen LogP contribution in [0.1, 0.15) is 11.1 Å². The molecule has 0 bridgehead atoms. The molecule has 0 atom stereocenters. The standard InChI is InChI=1S/C19H22ClN3O/c1-14-6-7-17(12-15(14)2)21-19(24)23-10-8-22(9-11-23)18-5-3-4-16(20)13-18/h3-7,12-13H,8-11H2,1-2H3,(H,21,24). The molecule has 2 aromatic rings. The van der Waals surface area contributed by atoms with Crippen molar-refractivity contribution in [2.24, 2.45) is 0 Å². The van der Waals surface area contributed by atoms with Crippen molar-refractivity contribution < 1.29 is 4.79 Å². The molecule has 1 fully saturated rings. The van der Waals surface area contributed by atoms with Gasteiger partial charge < -0.3 is 15.1 Å². The van der Waals surface area contributed by atoms with E-state index in [2.05, 4.69) is 30.1 Å². The molecule has 24 heavy (non-hydrogen) atoms. The minimum Gasteiger partial charge on any atom is -0.368 e. The lowest BCUT2D eigenvalue weighted by Crippen LogP contribution is -2.50. The van der Waals surface area contributed by atoms with Crippen LogP contribution >= 0.6 is 11.6 Å². The van der Waals surface area contributed by atoms with Crippen LogP contribution in [0.3, 0.4) is 0 Å². The summed E-state index contributed by atoms with van der Waals surface area (Å²) in [7, 11) is 0. The van der Waals surface area contributed by atoms with Gasteiger partial charge in [0.25, 0.3) is 0 Å². The lowest BCUT2D eigenvalue weighted by Gasteiger charge is -2.36. The number of urea groups is 1. The highest BCUT2D eigenvalue weighted by molar-refractivity contribution is 6.30. The van der Waals surface area contributed by atoms with Crippen LogP contribution in [0.25, 0.3) is 0 Å². The number of carbonyl (C=O) groups excluding carboxylic acids is 1. The Bertz CT molecular complexity index is 739. The minimum atomic E-state index is -0.0380. The van der Waals surface area contributed by atoms with Gasteiger partial charge in [-0.05, 0) is 55.3 Å². The molecular formula is C19H22ClN3O. The first-order valence-electron chi connectivity index (χ1n) is 8.16. The van der Waals surface area contributed by atoms with Crippen LogP contribution in [-0.2, 0) is 0 Å². The lowest BCUT2D eigenvalue weighted by atomic mass is 10.1. The van der Waals surface area contributed by atoms with E-state index in [9.17, 15) is 4.79 Å². The van der Waals surface area contributed by atoms with Crippen molar-refractivity contribution in [2.75, 3.05) is 36.4 Å². The third-order valence-corrected chi connectivity index (χ3v) is 4.73. The molecule has 2 aromatic carbocycles. The monoisotopic (exact) mass is 343 g/mol. The SMILES string of the molecule is Cc1ccc(NC(=O)N2CCN(c3cccc(Cl)c3)CC2)cc1C. The van der Waals surface area contributed by atoms with Gasteiger partial charge in [-0.1, -0.05) is 23.7 Å². The van der Waals surface area contributed by atoms with E-state index < -0.39 is 0 Å². The zero-order valence-corrected chi connectivity index (χ0v) is 14.8. The van der Waals surface area contributed by atoms with E-state index in [1.807, 2.05) is 41.3 Å². The van der Waals surface area contributed by atoms with Crippen LogP contribution in [-0.4, -0.2) is 37.1 Å². The number of carbonyl (C=O) groups is 1. The summed E-state index contributed by atoms with van der Waals surface area (Å²) in [6.45, 7) is 7.12. The molecule has 2 amide bonds. The molecule has 0 saturated carbocycles. The summed E-state index contributed by atoms with van der Waals surface area (Å²) in [5.74, 6) is 0. The fourth-order valence-corrected chi connectivity index (χ4v) is 3.05. The van der Waals surface area contributed by atoms with Gasteiger partial charge in [0.05, 0.1) is 0 Å². The van der Waals surface area contributed by atoms with Gasteiger partial charge in [-0.25, -0.2) is 4.79 Å². The molecule has 1 aliphatic heterocycles. The van der Waals surface area contributed by atoms with Crippen LogP contribution in [0.5, 0.6) is 0 Å². The van der Waals surface area contributed by atoms with Crippen LogP contribution in [0.15, 0.2) is 42.5 Å². The number of halogens is 1. The van der Waals surface area contributed by atoms with Crippen molar-refractivity contribution in [1.82, 2.24) is 4.90 Å². The molecule has 5 heteroatoms. The number of anilines is 2. The maximum absolute atomic E-state index is 12.4. The Morgan fingerprint density at radius 1 is 1.00 bits per heavy atom. The summed E-state index contributed by atoms with van der Waals surface area (Å²) in [5, 5.41) is 3.73. The molecule has 0 aliphatic carbocycles. The van der Waals surface area contributed by atoms with Gasteiger partial charge in [-0.3, -0.25) is 0 Å². The predicted molar refractivity (Wildman–Crippen MR) is 100 cm³/mol. The molecule has 0 aromatic heterocycles. The highest BCUT2D eigenvalue weighted by Gasteiger charge is 2.21. The molecule has 1 saturated heterocycles. The Labute approximate surface area is 148 Å². The van der Waals surface area contributed by atoms with Crippen LogP contribution in [0.2, 0.25) is 5.02 Å². The summed E-state index contributed by atoms with van der Waals surface area (Å²) in [4.78, 5) is 16.5. The van der Waals surface area contributed by atoms with E-state index in [0.717, 1.165) is 29.5 Å². The number of nitrogens with one attached hydrogen (secondary N) is 1. The summed E-state index contributed by atoms with van der Waals surface area (Å²) >= 11 is 6.06. The normalized spacial score (nSPS) is 14.6. The second kappa shape index (κ2) is 7.14. The third-order valence-electron chi connectivity index (χ3n) is 4.50. The van der Waals surface area contributed by atoms with E-state index >= 15 is 0 Å². The molecule has 0 unspecified atom stereocenters. The Morgan fingerprint density at radius 2 is 1.75 bits per heavy atom. The third kappa shape index (κ3) is 3.82. The first-order chi connectivity index (χ1) is 11.5. The van der Waals surface area contributed by atoms with Crippen LogP contribution in [0.4, 0.5) is 16.2 Å². The molecule has 1 aliphatic rings. The van der Waals surface area contributed by atoms with Crippen molar-refractivity contribution in [1.29, 1.82) is 0 Å². The van der Waals surface area contributed by atoms with Gasteiger partial charge in [0.15, 0.2) is 0 Å². The number of hydrogen-bond donors (Lipinski definition) is 1. The van der Waals surface area contributed by atoms with Gasteiger partial charge in [0, 0.05) is 42.6 Å². The Balaban J connectivity index is 1.58. The predicted octanol–water partition coefficient (Wildman–Crippen LogP) is 4.31. The molecule has 3 rings (SSSR count). The number of nitrogens with zero attached hydrogens (tertiary/aromatic N) is 2. The Morgan fingerprint density at radius 3 is 2.42 bits per heavy atom. The summed E-state index contributed by atoms with van der Waals surface area (Å²) in [6.07, 6.45) is 0. The highest BCUT2D eigenvalue weighted by atomic mass is 35.5. The van der Waals surface area contributed by atoms with Crippen LogP contribution < -0.4 is 10.2 Å². The number of aryl methyl sites for hydroxylation is 2. The summed E-state index contributed by atoms with van der Waals surface area (Å²) < 4.78 is 0. The first kappa shape index (κ1) is 16.7. The van der Waals surface area contributed by atoms with Crippen molar-refractivity contribution in [3.8, 4) is 0 Å².